The number of amides is 2. The van der Waals surface area contributed by atoms with Crippen molar-refractivity contribution in [3.8, 4) is 51.3 Å². The standard InChI is InChI=1S/C62H59F6N11O7S/c1-31(2)54(60(83)78-27-38(81)22-49(78)59(82)72-48(29-80)34-10-12-35(13-11-34)50-44(63)4-3-5-45(50)64)79-28-47(75-76-79)33-8-6-32(7-9-33)30-85-55-52(40-16-17-46(65)56-51(40)42(24-69)57(70)87-56)43(62(66,67)68)23-41-53(55)73-61(86-39-18-20-84-21-19-39)74-58(41)77-25-36-14-15-37(26-77)71-36/h3-13,16-17,23,28,31,36-39,48-49,54,71,80-81H,14-15,18-22,25-27,29-30,70H2,1-2H3,(H,72,82)/t36?,37?,38-,48+,49+,54+/m1/s1. The monoisotopic (exact) mass is 1220 g/mol. The van der Waals surface area contributed by atoms with Gasteiger partial charge in [0.1, 0.15) is 70.3 Å². The van der Waals surface area contributed by atoms with Crippen LogP contribution in [0.4, 0.5) is 37.2 Å². The minimum Gasteiger partial charge on any atom is -0.486 e. The Morgan fingerprint density at radius 2 is 1.62 bits per heavy atom. The van der Waals surface area contributed by atoms with E-state index in [0.29, 0.717) is 61.5 Å². The molecular weight excluding hydrogens is 1160 g/mol. The lowest BCUT2D eigenvalue weighted by atomic mass is 9.92. The zero-order valence-electron chi connectivity index (χ0n) is 47.0. The van der Waals surface area contributed by atoms with E-state index in [4.69, 9.17) is 29.9 Å². The Labute approximate surface area is 498 Å². The molecule has 3 aromatic heterocycles. The Bertz CT molecular complexity index is 3930. The van der Waals surface area contributed by atoms with E-state index in [2.05, 4.69) is 20.9 Å². The molecule has 0 radical (unpaired) electrons. The van der Waals surface area contributed by atoms with Crippen LogP contribution in [0.25, 0.3) is 54.5 Å². The number of carbonyl (C=O) groups is 2. The van der Waals surface area contributed by atoms with Crippen LogP contribution in [0.3, 0.4) is 0 Å². The van der Waals surface area contributed by atoms with Gasteiger partial charge in [-0.05, 0) is 65.3 Å². The number of fused-ring (bicyclic) bond motifs is 4. The lowest BCUT2D eigenvalue weighted by Crippen LogP contribution is -2.51. The second-order valence-corrected chi connectivity index (χ2v) is 23.7. The Kier molecular flexibility index (Phi) is 16.3. The number of β-amino-alcohol motifs (C(OH)–C–C–N with tert-alkyl or cyclic N) is 1. The molecule has 0 saturated carbocycles. The second kappa shape index (κ2) is 24.0. The van der Waals surface area contributed by atoms with Crippen LogP contribution in [0.15, 0.2) is 91.1 Å². The van der Waals surface area contributed by atoms with Crippen molar-refractivity contribution in [2.24, 2.45) is 5.92 Å². The van der Waals surface area contributed by atoms with Crippen molar-refractivity contribution in [2.75, 3.05) is 50.1 Å². The number of piperazine rings is 1. The van der Waals surface area contributed by atoms with E-state index < -0.39 is 83.3 Å². The number of carbonyl (C=O) groups excluding carboxylic acids is 2. The van der Waals surface area contributed by atoms with Gasteiger partial charge in [-0.3, -0.25) is 9.59 Å². The summed E-state index contributed by atoms with van der Waals surface area (Å²) in [6.07, 6.45) is -2.22. The summed E-state index contributed by atoms with van der Waals surface area (Å²) in [6, 6.07) is 18.4. The van der Waals surface area contributed by atoms with E-state index >= 15 is 17.6 Å². The summed E-state index contributed by atoms with van der Waals surface area (Å²) in [7, 11) is 0. The van der Waals surface area contributed by atoms with Gasteiger partial charge in [0.05, 0.1) is 59.6 Å². The minimum absolute atomic E-state index is 0.00768. The van der Waals surface area contributed by atoms with Gasteiger partial charge in [-0.2, -0.15) is 28.4 Å². The predicted molar refractivity (Wildman–Crippen MR) is 311 cm³/mol. The number of nitrogens with two attached hydrogens (primary N) is 1. The molecule has 5 aromatic carbocycles. The number of aliphatic hydroxyl groups excluding tert-OH is 2. The van der Waals surface area contributed by atoms with E-state index in [1.165, 1.54) is 46.0 Å². The zero-order valence-corrected chi connectivity index (χ0v) is 47.8. The van der Waals surface area contributed by atoms with Crippen LogP contribution >= 0.6 is 11.3 Å². The zero-order chi connectivity index (χ0) is 61.0. The van der Waals surface area contributed by atoms with Gasteiger partial charge in [-0.1, -0.05) is 79.7 Å². The molecule has 87 heavy (non-hydrogen) atoms. The number of benzene rings is 5. The molecule has 2 amide bonds. The molecule has 452 valence electrons. The maximum absolute atomic E-state index is 16.0. The molecule has 0 aliphatic carbocycles. The lowest BCUT2D eigenvalue weighted by Gasteiger charge is -2.35. The van der Waals surface area contributed by atoms with Crippen molar-refractivity contribution < 1.29 is 60.4 Å². The quantitative estimate of drug-likeness (QED) is 0.0566. The van der Waals surface area contributed by atoms with Crippen molar-refractivity contribution in [1.29, 1.82) is 5.26 Å². The first-order valence-corrected chi connectivity index (χ1v) is 29.4. The van der Waals surface area contributed by atoms with Gasteiger partial charge < -0.3 is 50.6 Å². The first kappa shape index (κ1) is 58.9. The average molecular weight is 1220 g/mol. The molecule has 6 atom stereocenters. The number of halogens is 6. The number of likely N-dealkylation sites (tertiary alicyclic amines) is 1. The summed E-state index contributed by atoms with van der Waals surface area (Å²) in [5, 5.41) is 46.5. The van der Waals surface area contributed by atoms with Crippen LogP contribution in [-0.2, 0) is 27.1 Å². The number of hydrogen-bond acceptors (Lipinski definition) is 16. The number of ether oxygens (including phenoxy) is 3. The fourth-order valence-electron chi connectivity index (χ4n) is 12.4. The third-order valence-corrected chi connectivity index (χ3v) is 17.6. The van der Waals surface area contributed by atoms with Crippen LogP contribution < -0.4 is 30.7 Å². The minimum atomic E-state index is -5.05. The lowest BCUT2D eigenvalue weighted by molar-refractivity contribution is -0.142. The van der Waals surface area contributed by atoms with Crippen LogP contribution in [0, 0.1) is 34.7 Å². The summed E-state index contributed by atoms with van der Waals surface area (Å²) in [4.78, 5) is 41.5. The van der Waals surface area contributed by atoms with Gasteiger partial charge in [-0.15, -0.1) is 16.4 Å². The number of nitrogens with one attached hydrogen (secondary N) is 2. The maximum Gasteiger partial charge on any atom is 0.417 e. The largest absolute Gasteiger partial charge is 0.486 e. The van der Waals surface area contributed by atoms with Gasteiger partial charge in [0.15, 0.2) is 5.75 Å². The summed E-state index contributed by atoms with van der Waals surface area (Å²) in [5.41, 5.74) is 6.07. The van der Waals surface area contributed by atoms with Crippen molar-refractivity contribution in [1.82, 2.24) is 40.5 Å². The van der Waals surface area contributed by atoms with E-state index in [1.807, 2.05) is 11.0 Å². The molecule has 2 unspecified atom stereocenters. The molecule has 12 rings (SSSR count). The van der Waals surface area contributed by atoms with E-state index in [1.54, 1.807) is 44.3 Å². The van der Waals surface area contributed by atoms with Gasteiger partial charge in [0.25, 0.3) is 0 Å². The Balaban J connectivity index is 0.843. The van der Waals surface area contributed by atoms with Gasteiger partial charge in [-0.25, -0.2) is 17.9 Å². The fraction of sp³-hybridized carbons (Fsp3) is 0.371. The molecular formula is C62H59F6N11O7S. The number of nitrogens with zero attached hydrogens (tertiary/aromatic N) is 8. The number of nitriles is 1. The van der Waals surface area contributed by atoms with E-state index in [-0.39, 0.29) is 104 Å². The van der Waals surface area contributed by atoms with Crippen molar-refractivity contribution in [2.45, 2.75) is 101 Å². The SMILES string of the molecule is CC(C)[C@@H](C(=O)N1C[C@H](O)C[C@H]1C(=O)N[C@@H](CO)c1ccc(-c2c(F)cccc2F)cc1)n1cc(-c2ccc(COc3c(-c4ccc(F)c5sc(N)c(C#N)c45)c(C(F)(F)F)cc4c(N5CC6CCC(C5)N6)nc(OC5CCOCC5)nc34)cc2)nn1. The molecule has 0 spiro atoms. The van der Waals surface area contributed by atoms with Crippen LogP contribution in [-0.4, -0.2) is 122 Å². The molecule has 18 nitrogen and oxygen atoms in total. The van der Waals surface area contributed by atoms with Gasteiger partial charge >= 0.3 is 12.2 Å². The highest BCUT2D eigenvalue weighted by atomic mass is 32.1. The molecule has 4 saturated heterocycles. The highest BCUT2D eigenvalue weighted by Gasteiger charge is 2.44. The third kappa shape index (κ3) is 11.6. The Morgan fingerprint density at radius 1 is 0.920 bits per heavy atom. The van der Waals surface area contributed by atoms with Crippen molar-refractivity contribution >= 4 is 55.0 Å². The summed E-state index contributed by atoms with van der Waals surface area (Å²) < 4.78 is 113. The number of thiophene rings is 1. The normalized spacial score (nSPS) is 19.7. The molecule has 7 heterocycles. The van der Waals surface area contributed by atoms with E-state index in [9.17, 15) is 33.8 Å². The highest BCUT2D eigenvalue weighted by molar-refractivity contribution is 7.23. The molecule has 8 aromatic rings. The summed E-state index contributed by atoms with van der Waals surface area (Å²) >= 11 is 0.750. The molecule has 4 aliphatic rings. The molecule has 4 aliphatic heterocycles. The van der Waals surface area contributed by atoms with Crippen LogP contribution in [0.5, 0.6) is 11.8 Å². The predicted octanol–water partition coefficient (Wildman–Crippen LogP) is 9.41. The van der Waals surface area contributed by atoms with E-state index in [0.717, 1.165) is 48.4 Å². The average Bonchev–Trinajstić information content (AvgIpc) is 1.71. The number of alkyl halides is 3. The first-order chi connectivity index (χ1) is 41.8. The van der Waals surface area contributed by atoms with Crippen LogP contribution in [0.1, 0.15) is 80.3 Å². The Morgan fingerprint density at radius 3 is 2.29 bits per heavy atom. The second-order valence-electron chi connectivity index (χ2n) is 22.7. The third-order valence-electron chi connectivity index (χ3n) is 16.6. The number of nitrogen functional groups attached to an aromatic ring is 1. The number of rotatable bonds is 16. The number of anilines is 2. The molecule has 4 fully saturated rings. The molecule has 2 bridgehead atoms. The van der Waals surface area contributed by atoms with Crippen LogP contribution in [0.2, 0.25) is 0 Å². The number of aliphatic hydroxyl groups is 2. The topological polar surface area (TPSA) is 239 Å². The smallest absolute Gasteiger partial charge is 0.417 e. The summed E-state index contributed by atoms with van der Waals surface area (Å²) in [6.45, 7) is 4.27. The maximum atomic E-state index is 16.0. The van der Waals surface area contributed by atoms with Crippen molar-refractivity contribution in [3.63, 3.8) is 0 Å². The molecule has 25 heteroatoms. The number of hydrogen-bond donors (Lipinski definition) is 5. The van der Waals surface area contributed by atoms with Crippen molar-refractivity contribution in [3.05, 3.63) is 131 Å². The van der Waals surface area contributed by atoms with Gasteiger partial charge in [0, 0.05) is 72.9 Å². The Hall–Kier alpha value is -8.41. The highest BCUT2D eigenvalue weighted by Crippen LogP contribution is 2.52. The first-order valence-electron chi connectivity index (χ1n) is 28.6. The fourth-order valence-corrected chi connectivity index (χ4v) is 13.3. The molecule has 6 N–H and O–H groups in total. The number of aromatic nitrogens is 5. The summed E-state index contributed by atoms with van der Waals surface area (Å²) in [5.74, 6) is -3.98. The van der Waals surface area contributed by atoms with Gasteiger partial charge in [0.2, 0.25) is 11.8 Å².